The number of anilines is 4. The van der Waals surface area contributed by atoms with Crippen LogP contribution in [-0.4, -0.2) is 31.1 Å². The Labute approximate surface area is 528 Å². The molecule has 0 fully saturated rings. The minimum absolute atomic E-state index is 0.531. The lowest BCUT2D eigenvalue weighted by Crippen LogP contribution is -2.77. The molecule has 0 saturated heterocycles. The van der Waals surface area contributed by atoms with Gasteiger partial charge in [0.15, 0.2) is 33.6 Å². The van der Waals surface area contributed by atoms with Gasteiger partial charge in [-0.3, -0.25) is 0 Å². The average Bonchev–Trinajstić information content (AvgIpc) is 0.715. The summed E-state index contributed by atoms with van der Waals surface area (Å²) in [5.41, 5.74) is 14.3. The molecule has 0 atom stereocenters. The first kappa shape index (κ1) is 54.3. The molecule has 7 heteroatoms. The van der Waals surface area contributed by atoms with Crippen LogP contribution in [0, 0.1) is 0 Å². The van der Waals surface area contributed by atoms with Crippen LogP contribution in [-0.2, 0) is 13.1 Å². The summed E-state index contributed by atoms with van der Waals surface area (Å²) in [6.45, 7) is 1.06. The Morgan fingerprint density at radius 1 is 0.211 bits per heavy atom. The SMILES string of the molecule is c1ccc(-c2nc(-c3cccc(-c4ccccc4)c3CN3c4ccccc4[Si](c4ccccc4)(c4ccccc4)c4ccccc43)nc(-c3cccc(-c4ccccc4)c3CN3c4ccccc4[Si](c4ccccc4)(c4ccccc4)c4ccccc43)n2)cc1. The zero-order valence-corrected chi connectivity index (χ0v) is 51.6. The van der Waals surface area contributed by atoms with Crippen molar-refractivity contribution in [3.05, 3.63) is 357 Å². The molecule has 0 unspecified atom stereocenters. The van der Waals surface area contributed by atoms with Crippen LogP contribution < -0.4 is 51.3 Å². The Bertz CT molecular complexity index is 4430. The van der Waals surface area contributed by atoms with Gasteiger partial charge in [-0.25, -0.2) is 15.0 Å². The predicted octanol–water partition coefficient (Wildman–Crippen LogP) is 14.3. The summed E-state index contributed by atoms with van der Waals surface area (Å²) in [6, 6.07) is 127. The molecule has 0 amide bonds. The molecule has 2 aliphatic rings. The number of benzene rings is 13. The van der Waals surface area contributed by atoms with Crippen LogP contribution in [0.25, 0.3) is 56.4 Å². The summed E-state index contributed by atoms with van der Waals surface area (Å²) < 4.78 is 0. The van der Waals surface area contributed by atoms with E-state index in [9.17, 15) is 0 Å². The number of aromatic nitrogens is 3. The summed E-state index contributed by atoms with van der Waals surface area (Å²) in [6.07, 6.45) is 0. The van der Waals surface area contributed by atoms with E-state index < -0.39 is 16.1 Å². The van der Waals surface area contributed by atoms with Gasteiger partial charge in [-0.2, -0.15) is 0 Å². The first-order chi connectivity index (χ1) is 44.7. The smallest absolute Gasteiger partial charge is 0.183 e. The highest BCUT2D eigenvalue weighted by atomic mass is 28.3. The molecule has 0 aliphatic carbocycles. The Morgan fingerprint density at radius 3 is 0.767 bits per heavy atom. The maximum Gasteiger partial charge on any atom is 0.183 e. The number of fused-ring (bicyclic) bond motifs is 4. The van der Waals surface area contributed by atoms with E-state index in [1.54, 1.807) is 0 Å². The zero-order chi connectivity index (χ0) is 59.9. The molecule has 16 rings (SSSR count). The largest absolute Gasteiger partial charge is 0.337 e. The monoisotopic (exact) mass is 1180 g/mol. The topological polar surface area (TPSA) is 45.2 Å². The maximum absolute atomic E-state index is 5.81. The van der Waals surface area contributed by atoms with E-state index in [0.717, 1.165) is 50.1 Å². The van der Waals surface area contributed by atoms with Gasteiger partial charge in [-0.15, -0.1) is 0 Å². The molecule has 0 spiro atoms. The molecule has 2 aliphatic heterocycles. The fourth-order valence-electron chi connectivity index (χ4n) is 14.7. The fourth-order valence-corrected chi connectivity index (χ4v) is 25.0. The fraction of sp³-hybridized carbons (Fsp3) is 0.0241. The van der Waals surface area contributed by atoms with E-state index in [1.165, 1.54) is 64.2 Å². The molecule has 13 aromatic carbocycles. The Kier molecular flexibility index (Phi) is 14.0. The second kappa shape index (κ2) is 23.2. The van der Waals surface area contributed by atoms with Crippen LogP contribution >= 0.6 is 0 Å². The van der Waals surface area contributed by atoms with Crippen LogP contribution in [0.1, 0.15) is 11.1 Å². The standard InChI is InChI=1S/C83H61N5Si2/c1-8-32-60(33-9-1)67-46-30-48-69(71(67)58-87-73-50-22-26-54-77(73)89(63-38-14-4-15-39-63,64-40-16-5-17-41-64)78-55-27-23-51-74(78)87)82-84-81(62-36-12-3-13-37-62)85-83(86-82)70-49-31-47-68(61-34-10-2-11-35-61)72(70)59-88-75-52-24-28-56-79(75)90(65-42-18-6-19-43-65,66-44-20-7-21-45-66)80-57-29-25-53-76(80)88/h1-57H,58-59H2. The molecule has 5 nitrogen and oxygen atoms in total. The Balaban J connectivity index is 0.912. The van der Waals surface area contributed by atoms with Crippen molar-refractivity contribution >= 4 is 80.4 Å². The predicted molar refractivity (Wildman–Crippen MR) is 379 cm³/mol. The van der Waals surface area contributed by atoms with Gasteiger partial charge >= 0.3 is 0 Å². The van der Waals surface area contributed by atoms with Crippen molar-refractivity contribution in [3.8, 4) is 56.4 Å². The summed E-state index contributed by atoms with van der Waals surface area (Å²) >= 11 is 0. The van der Waals surface area contributed by atoms with Crippen molar-refractivity contribution in [2.24, 2.45) is 0 Å². The molecule has 14 aromatic rings. The molecule has 1 aromatic heterocycles. The second-order valence-corrected chi connectivity index (χ2v) is 30.7. The molecule has 0 saturated carbocycles. The van der Waals surface area contributed by atoms with Crippen molar-refractivity contribution in [3.63, 3.8) is 0 Å². The average molecular weight is 1180 g/mol. The third kappa shape index (κ3) is 9.08. The van der Waals surface area contributed by atoms with Crippen molar-refractivity contribution in [1.29, 1.82) is 0 Å². The molecule has 0 bridgehead atoms. The molecule has 0 N–H and O–H groups in total. The van der Waals surface area contributed by atoms with E-state index in [-0.39, 0.29) is 0 Å². The van der Waals surface area contributed by atoms with E-state index in [2.05, 4.69) is 356 Å². The second-order valence-electron chi connectivity index (χ2n) is 23.3. The first-order valence-electron chi connectivity index (χ1n) is 31.0. The van der Waals surface area contributed by atoms with Gasteiger partial charge in [0, 0.05) is 52.5 Å². The van der Waals surface area contributed by atoms with Gasteiger partial charge in [-0.05, 0) is 99.1 Å². The van der Waals surface area contributed by atoms with Gasteiger partial charge in [0.1, 0.15) is 0 Å². The maximum atomic E-state index is 5.81. The van der Waals surface area contributed by atoms with Crippen LogP contribution in [0.3, 0.4) is 0 Å². The normalized spacial score (nSPS) is 13.3. The van der Waals surface area contributed by atoms with E-state index in [4.69, 9.17) is 15.0 Å². The Morgan fingerprint density at radius 2 is 0.456 bits per heavy atom. The highest BCUT2D eigenvalue weighted by Crippen LogP contribution is 2.42. The van der Waals surface area contributed by atoms with E-state index >= 15 is 0 Å². The van der Waals surface area contributed by atoms with Crippen LogP contribution in [0.5, 0.6) is 0 Å². The molecule has 426 valence electrons. The molecule has 0 radical (unpaired) electrons. The summed E-state index contributed by atoms with van der Waals surface area (Å²) in [5.74, 6) is 1.82. The quantitative estimate of drug-likeness (QED) is 0.108. The molecule has 90 heavy (non-hydrogen) atoms. The summed E-state index contributed by atoms with van der Waals surface area (Å²) in [4.78, 5) is 22.1. The zero-order valence-electron chi connectivity index (χ0n) is 49.6. The third-order valence-corrected chi connectivity index (χ3v) is 28.2. The number of para-hydroxylation sites is 4. The van der Waals surface area contributed by atoms with Gasteiger partial charge in [0.2, 0.25) is 0 Å². The van der Waals surface area contributed by atoms with Gasteiger partial charge in [0.25, 0.3) is 0 Å². The van der Waals surface area contributed by atoms with Gasteiger partial charge in [-0.1, -0.05) is 322 Å². The van der Waals surface area contributed by atoms with Gasteiger partial charge < -0.3 is 9.80 Å². The first-order valence-corrected chi connectivity index (χ1v) is 35.0. The molecular formula is C83H61N5Si2. The van der Waals surface area contributed by atoms with Crippen molar-refractivity contribution in [1.82, 2.24) is 15.0 Å². The summed E-state index contributed by atoms with van der Waals surface area (Å²) in [5, 5.41) is 10.8. The van der Waals surface area contributed by atoms with Crippen molar-refractivity contribution in [2.45, 2.75) is 13.1 Å². The van der Waals surface area contributed by atoms with Crippen LogP contribution in [0.4, 0.5) is 22.7 Å². The lowest BCUT2D eigenvalue weighted by Gasteiger charge is -2.45. The van der Waals surface area contributed by atoms with E-state index in [0.29, 0.717) is 30.6 Å². The highest BCUT2D eigenvalue weighted by molar-refractivity contribution is 7.22. The van der Waals surface area contributed by atoms with Gasteiger partial charge in [0.05, 0.1) is 0 Å². The number of hydrogen-bond acceptors (Lipinski definition) is 5. The number of hydrogen-bond donors (Lipinski definition) is 0. The minimum Gasteiger partial charge on any atom is -0.337 e. The lowest BCUT2D eigenvalue weighted by molar-refractivity contribution is 0.968. The molecular weight excluding hydrogens is 1120 g/mol. The van der Waals surface area contributed by atoms with Crippen LogP contribution in [0.15, 0.2) is 346 Å². The Hall–Kier alpha value is -11.1. The van der Waals surface area contributed by atoms with Crippen molar-refractivity contribution < 1.29 is 0 Å². The van der Waals surface area contributed by atoms with Crippen molar-refractivity contribution in [2.75, 3.05) is 9.80 Å². The minimum atomic E-state index is -2.89. The lowest BCUT2D eigenvalue weighted by atomic mass is 9.93. The van der Waals surface area contributed by atoms with Crippen LogP contribution in [0.2, 0.25) is 0 Å². The molecule has 3 heterocycles. The third-order valence-electron chi connectivity index (χ3n) is 18.5. The summed E-state index contributed by atoms with van der Waals surface area (Å²) in [7, 11) is -5.77. The highest BCUT2D eigenvalue weighted by Gasteiger charge is 2.50. The number of rotatable bonds is 13. The number of nitrogens with zero attached hydrogens (tertiary/aromatic N) is 5. The van der Waals surface area contributed by atoms with E-state index in [1.807, 2.05) is 0 Å².